The Hall–Kier alpha value is -3.10. The molecule has 2 nitrogen and oxygen atoms in total. The molecular weight excluding hydrogens is 366 g/mol. The molecule has 3 aromatic rings. The molecule has 0 aromatic heterocycles. The van der Waals surface area contributed by atoms with Crippen LogP contribution in [0.3, 0.4) is 0 Å². The summed E-state index contributed by atoms with van der Waals surface area (Å²) < 4.78 is 0. The molecule has 28 heavy (non-hydrogen) atoms. The molecule has 0 saturated heterocycles. The number of benzene rings is 3. The van der Waals surface area contributed by atoms with Crippen molar-refractivity contribution in [2.75, 3.05) is 4.90 Å². The molecule has 0 N–H and O–H groups in total. The molecule has 0 fully saturated rings. The minimum absolute atomic E-state index is 0.0255. The maximum atomic E-state index is 13.4. The number of aryl methyl sites for hydroxylation is 2. The molecule has 1 aliphatic rings. The van der Waals surface area contributed by atoms with Crippen molar-refractivity contribution in [3.63, 3.8) is 0 Å². The van der Waals surface area contributed by atoms with Gasteiger partial charge in [0.1, 0.15) is 0 Å². The molecule has 3 aromatic carbocycles. The Bertz CT molecular complexity index is 1100. The first kappa shape index (κ1) is 18.3. The third-order valence-electron chi connectivity index (χ3n) is 4.85. The molecule has 0 radical (unpaired) electrons. The summed E-state index contributed by atoms with van der Waals surface area (Å²) in [4.78, 5) is 15.2. The average molecular weight is 386 g/mol. The molecule has 1 amide bonds. The van der Waals surface area contributed by atoms with E-state index < -0.39 is 0 Å². The predicted octanol–water partition coefficient (Wildman–Crippen LogP) is 6.43. The van der Waals surface area contributed by atoms with Gasteiger partial charge in [0, 0.05) is 10.6 Å². The van der Waals surface area contributed by atoms with Crippen molar-refractivity contribution in [2.45, 2.75) is 13.8 Å². The fourth-order valence-corrected chi connectivity index (χ4v) is 3.50. The second-order valence-corrected chi connectivity index (χ2v) is 7.41. The van der Waals surface area contributed by atoms with Crippen LogP contribution >= 0.6 is 11.6 Å². The lowest BCUT2D eigenvalue weighted by Crippen LogP contribution is -2.25. The van der Waals surface area contributed by atoms with Crippen LogP contribution in [-0.4, -0.2) is 5.91 Å². The van der Waals surface area contributed by atoms with E-state index in [0.29, 0.717) is 10.6 Å². The van der Waals surface area contributed by atoms with Crippen LogP contribution in [0.2, 0.25) is 5.02 Å². The highest BCUT2D eigenvalue weighted by Gasteiger charge is 2.31. The van der Waals surface area contributed by atoms with E-state index in [1.165, 1.54) is 0 Å². The van der Waals surface area contributed by atoms with Gasteiger partial charge in [0.25, 0.3) is 5.91 Å². The van der Waals surface area contributed by atoms with Gasteiger partial charge in [-0.05, 0) is 66.5 Å². The van der Waals surface area contributed by atoms with E-state index in [0.717, 1.165) is 33.6 Å². The average Bonchev–Trinajstić information content (AvgIpc) is 3.02. The fraction of sp³-hybridized carbons (Fsp3) is 0.0800. The van der Waals surface area contributed by atoms with Crippen LogP contribution in [0.4, 0.5) is 5.69 Å². The van der Waals surface area contributed by atoms with Gasteiger partial charge >= 0.3 is 0 Å². The molecule has 0 spiro atoms. The lowest BCUT2D eigenvalue weighted by atomic mass is 10.1. The van der Waals surface area contributed by atoms with Gasteiger partial charge in [0.2, 0.25) is 0 Å². The van der Waals surface area contributed by atoms with Crippen molar-refractivity contribution in [1.29, 1.82) is 0 Å². The fourth-order valence-electron chi connectivity index (χ4n) is 3.37. The Morgan fingerprint density at radius 1 is 0.893 bits per heavy atom. The van der Waals surface area contributed by atoms with E-state index in [4.69, 9.17) is 11.6 Å². The molecule has 4 rings (SSSR count). The van der Waals surface area contributed by atoms with Crippen LogP contribution in [0.5, 0.6) is 0 Å². The van der Waals surface area contributed by atoms with Crippen LogP contribution in [0.1, 0.15) is 22.3 Å². The van der Waals surface area contributed by atoms with Gasteiger partial charge in [-0.15, -0.1) is 0 Å². The van der Waals surface area contributed by atoms with Crippen LogP contribution in [0.25, 0.3) is 11.8 Å². The lowest BCUT2D eigenvalue weighted by molar-refractivity contribution is -0.113. The van der Waals surface area contributed by atoms with Crippen molar-refractivity contribution in [2.24, 2.45) is 0 Å². The number of nitrogens with zero attached hydrogens (tertiary/aromatic N) is 1. The molecule has 0 aliphatic carbocycles. The second-order valence-electron chi connectivity index (χ2n) is 6.98. The molecule has 3 heteroatoms. The molecule has 138 valence electrons. The highest BCUT2D eigenvalue weighted by atomic mass is 35.5. The monoisotopic (exact) mass is 385 g/mol. The lowest BCUT2D eigenvalue weighted by Gasteiger charge is -2.23. The van der Waals surface area contributed by atoms with Crippen molar-refractivity contribution in [1.82, 2.24) is 0 Å². The van der Waals surface area contributed by atoms with Gasteiger partial charge < -0.3 is 0 Å². The van der Waals surface area contributed by atoms with Crippen molar-refractivity contribution < 1.29 is 4.79 Å². The zero-order valence-corrected chi connectivity index (χ0v) is 16.6. The number of halogens is 1. The largest absolute Gasteiger partial charge is 0.276 e. The summed E-state index contributed by atoms with van der Waals surface area (Å²) >= 11 is 5.99. The van der Waals surface area contributed by atoms with E-state index in [9.17, 15) is 4.79 Å². The first-order chi connectivity index (χ1) is 13.5. The summed E-state index contributed by atoms with van der Waals surface area (Å²) in [5.41, 5.74) is 6.60. The maximum absolute atomic E-state index is 13.4. The number of hydrogen-bond acceptors (Lipinski definition) is 1. The summed E-state index contributed by atoms with van der Waals surface area (Å²) in [6.45, 7) is 4.07. The summed E-state index contributed by atoms with van der Waals surface area (Å²) in [6, 6.07) is 23.7. The highest BCUT2D eigenvalue weighted by Crippen LogP contribution is 2.37. The van der Waals surface area contributed by atoms with Crippen LogP contribution < -0.4 is 4.90 Å². The van der Waals surface area contributed by atoms with Crippen LogP contribution in [0.15, 0.2) is 84.4 Å². The van der Waals surface area contributed by atoms with E-state index in [2.05, 4.69) is 18.2 Å². The number of carbonyl (C=O) groups is 1. The predicted molar refractivity (Wildman–Crippen MR) is 117 cm³/mol. The maximum Gasteiger partial charge on any atom is 0.262 e. The molecule has 1 heterocycles. The van der Waals surface area contributed by atoms with Gasteiger partial charge in [-0.1, -0.05) is 66.2 Å². The standard InChI is InChI=1S/C25H20ClNO/c1-17-8-9-18(2)23(14-17)27-24(20-6-4-3-5-7-20)16-21(25(27)28)15-19-10-12-22(26)13-11-19/h3-16H,1-2H3/b21-15+. The number of amides is 1. The Morgan fingerprint density at radius 3 is 2.32 bits per heavy atom. The smallest absolute Gasteiger partial charge is 0.262 e. The summed E-state index contributed by atoms with van der Waals surface area (Å²) in [7, 11) is 0. The Morgan fingerprint density at radius 2 is 1.61 bits per heavy atom. The first-order valence-corrected chi connectivity index (χ1v) is 9.57. The Kier molecular flexibility index (Phi) is 4.89. The van der Waals surface area contributed by atoms with Gasteiger partial charge in [0.05, 0.1) is 11.4 Å². The van der Waals surface area contributed by atoms with Gasteiger partial charge in [0.15, 0.2) is 0 Å². The second kappa shape index (κ2) is 7.49. The van der Waals surface area contributed by atoms with Gasteiger partial charge in [-0.2, -0.15) is 0 Å². The molecule has 1 aliphatic heterocycles. The summed E-state index contributed by atoms with van der Waals surface area (Å²) in [5.74, 6) is -0.0255. The molecular formula is C25H20ClNO. The van der Waals surface area contributed by atoms with Crippen LogP contribution in [0, 0.1) is 13.8 Å². The summed E-state index contributed by atoms with van der Waals surface area (Å²) in [6.07, 6.45) is 3.88. The van der Waals surface area contributed by atoms with E-state index in [1.807, 2.05) is 85.5 Å². The van der Waals surface area contributed by atoms with E-state index in [1.54, 1.807) is 0 Å². The third-order valence-corrected chi connectivity index (χ3v) is 5.10. The SMILES string of the molecule is Cc1ccc(C)c(N2C(=O)/C(=C/c3ccc(Cl)cc3)C=C2c2ccccc2)c1. The van der Waals surface area contributed by atoms with E-state index in [-0.39, 0.29) is 5.91 Å². The molecule has 0 saturated carbocycles. The third kappa shape index (κ3) is 3.51. The Balaban J connectivity index is 1.85. The van der Waals surface area contributed by atoms with Gasteiger partial charge in [-0.25, -0.2) is 0 Å². The number of rotatable bonds is 3. The topological polar surface area (TPSA) is 20.3 Å². The number of carbonyl (C=O) groups excluding carboxylic acids is 1. The van der Waals surface area contributed by atoms with Crippen molar-refractivity contribution in [3.05, 3.63) is 112 Å². The quantitative estimate of drug-likeness (QED) is 0.476. The molecule has 0 atom stereocenters. The minimum atomic E-state index is -0.0255. The molecule has 0 unspecified atom stereocenters. The highest BCUT2D eigenvalue weighted by molar-refractivity contribution is 6.30. The summed E-state index contributed by atoms with van der Waals surface area (Å²) in [5, 5.41) is 0.678. The van der Waals surface area contributed by atoms with Gasteiger partial charge in [-0.3, -0.25) is 9.69 Å². The Labute approximate surface area is 170 Å². The van der Waals surface area contributed by atoms with Crippen LogP contribution in [-0.2, 0) is 4.79 Å². The number of hydrogen-bond donors (Lipinski definition) is 0. The molecule has 0 bridgehead atoms. The minimum Gasteiger partial charge on any atom is -0.276 e. The van der Waals surface area contributed by atoms with E-state index >= 15 is 0 Å². The van der Waals surface area contributed by atoms with Crippen molar-refractivity contribution in [3.8, 4) is 0 Å². The zero-order chi connectivity index (χ0) is 19.7. The normalized spacial score (nSPS) is 15.2. The zero-order valence-electron chi connectivity index (χ0n) is 15.8. The van der Waals surface area contributed by atoms with Crippen molar-refractivity contribution >= 4 is 35.0 Å². The number of anilines is 1. The first-order valence-electron chi connectivity index (χ1n) is 9.19.